The maximum Gasteiger partial charge on any atom is 0.326 e. The second-order valence-corrected chi connectivity index (χ2v) is 3.54. The highest BCUT2D eigenvalue weighted by Crippen LogP contribution is 2.11. The topological polar surface area (TPSA) is 99.2 Å². The van der Waals surface area contributed by atoms with Gasteiger partial charge in [0.05, 0.1) is 12.3 Å². The summed E-state index contributed by atoms with van der Waals surface area (Å²) in [4.78, 5) is 26.9. The smallest absolute Gasteiger partial charge is 0.326 e. The van der Waals surface area contributed by atoms with E-state index in [4.69, 9.17) is 22.2 Å². The molecule has 0 fully saturated rings. The molecule has 0 aliphatic heterocycles. The zero-order valence-corrected chi connectivity index (χ0v) is 10.2. The van der Waals surface area contributed by atoms with Gasteiger partial charge >= 0.3 is 5.97 Å². The molecule has 0 aliphatic carbocycles. The van der Waals surface area contributed by atoms with Crippen LogP contribution in [0.2, 0.25) is 5.15 Å². The molecular weight excluding hydrogens is 248 g/mol. The van der Waals surface area contributed by atoms with Gasteiger partial charge in [-0.3, -0.25) is 14.2 Å². The summed E-state index contributed by atoms with van der Waals surface area (Å²) in [6, 6.07) is 0. The predicted molar refractivity (Wildman–Crippen MR) is 62.7 cm³/mol. The molecular formula is C9H13ClN4O3. The van der Waals surface area contributed by atoms with E-state index < -0.39 is 11.5 Å². The Kier molecular flexibility index (Phi) is 4.47. The number of hydrazine groups is 1. The molecule has 0 spiro atoms. The quantitative estimate of drug-likeness (QED) is 0.451. The molecule has 8 heteroatoms. The number of halogens is 1. The maximum atomic E-state index is 11.8. The van der Waals surface area contributed by atoms with E-state index in [0.29, 0.717) is 5.69 Å². The summed E-state index contributed by atoms with van der Waals surface area (Å²) in [7, 11) is 0. The van der Waals surface area contributed by atoms with Gasteiger partial charge in [-0.25, -0.2) is 10.8 Å². The van der Waals surface area contributed by atoms with Crippen molar-refractivity contribution in [1.82, 2.24) is 9.55 Å². The fourth-order valence-corrected chi connectivity index (χ4v) is 1.43. The number of esters is 1. The van der Waals surface area contributed by atoms with Crippen LogP contribution < -0.4 is 16.8 Å². The molecule has 0 aliphatic rings. The Hall–Kier alpha value is -1.60. The number of anilines is 1. The zero-order chi connectivity index (χ0) is 13.0. The van der Waals surface area contributed by atoms with Gasteiger partial charge in [0.2, 0.25) is 5.82 Å². The number of hydrogen-bond donors (Lipinski definition) is 2. The normalized spacial score (nSPS) is 10.1. The maximum absolute atomic E-state index is 11.8. The van der Waals surface area contributed by atoms with Crippen molar-refractivity contribution in [1.29, 1.82) is 0 Å². The number of nitrogen functional groups attached to an aromatic ring is 1. The van der Waals surface area contributed by atoms with E-state index in [1.54, 1.807) is 13.8 Å². The Balaban J connectivity index is 3.18. The first kappa shape index (κ1) is 13.5. The molecule has 0 bridgehead atoms. The highest BCUT2D eigenvalue weighted by atomic mass is 35.5. The van der Waals surface area contributed by atoms with Crippen molar-refractivity contribution < 1.29 is 9.53 Å². The van der Waals surface area contributed by atoms with Crippen LogP contribution in [-0.4, -0.2) is 22.1 Å². The van der Waals surface area contributed by atoms with E-state index in [-0.39, 0.29) is 24.1 Å². The van der Waals surface area contributed by atoms with Gasteiger partial charge in [0.15, 0.2) is 5.15 Å². The van der Waals surface area contributed by atoms with Crippen molar-refractivity contribution in [3.05, 3.63) is 21.2 Å². The Bertz CT molecular complexity index is 486. The minimum Gasteiger partial charge on any atom is -0.465 e. The summed E-state index contributed by atoms with van der Waals surface area (Å²) < 4.78 is 5.91. The van der Waals surface area contributed by atoms with Crippen molar-refractivity contribution in [3.8, 4) is 0 Å². The van der Waals surface area contributed by atoms with Gasteiger partial charge in [-0.05, 0) is 13.8 Å². The van der Waals surface area contributed by atoms with E-state index >= 15 is 0 Å². The molecule has 0 unspecified atom stereocenters. The molecule has 1 heterocycles. The number of aromatic nitrogens is 2. The number of ether oxygens (including phenoxy) is 1. The molecule has 7 nitrogen and oxygen atoms in total. The molecule has 17 heavy (non-hydrogen) atoms. The van der Waals surface area contributed by atoms with Crippen LogP contribution in [0.1, 0.15) is 12.6 Å². The summed E-state index contributed by atoms with van der Waals surface area (Å²) in [6.07, 6.45) is 0. The highest BCUT2D eigenvalue weighted by molar-refractivity contribution is 6.30. The fourth-order valence-electron chi connectivity index (χ4n) is 1.24. The lowest BCUT2D eigenvalue weighted by Crippen LogP contribution is -2.31. The molecule has 0 radical (unpaired) electrons. The molecule has 1 aromatic rings. The summed E-state index contributed by atoms with van der Waals surface area (Å²) in [5, 5.41) is 0.0989. The highest BCUT2D eigenvalue weighted by Gasteiger charge is 2.14. The number of rotatable bonds is 4. The van der Waals surface area contributed by atoms with Crippen molar-refractivity contribution in [2.24, 2.45) is 5.84 Å². The monoisotopic (exact) mass is 260 g/mol. The average molecular weight is 261 g/mol. The first-order valence-corrected chi connectivity index (χ1v) is 5.28. The van der Waals surface area contributed by atoms with Gasteiger partial charge in [0.1, 0.15) is 6.54 Å². The summed E-state index contributed by atoms with van der Waals surface area (Å²) in [6.45, 7) is 3.28. The lowest BCUT2D eigenvalue weighted by atomic mass is 10.4. The van der Waals surface area contributed by atoms with Gasteiger partial charge in [0.25, 0.3) is 5.56 Å². The number of carbonyl (C=O) groups excluding carboxylic acids is 1. The minimum absolute atomic E-state index is 0.0989. The third kappa shape index (κ3) is 2.95. The van der Waals surface area contributed by atoms with Crippen LogP contribution in [-0.2, 0) is 16.1 Å². The molecule has 1 aromatic heterocycles. The lowest BCUT2D eigenvalue weighted by Gasteiger charge is -2.11. The van der Waals surface area contributed by atoms with Gasteiger partial charge < -0.3 is 10.2 Å². The minimum atomic E-state index is -0.526. The molecule has 94 valence electrons. The van der Waals surface area contributed by atoms with Crippen LogP contribution >= 0.6 is 11.6 Å². The summed E-state index contributed by atoms with van der Waals surface area (Å²) >= 11 is 5.81. The summed E-state index contributed by atoms with van der Waals surface area (Å²) in [5.74, 6) is 4.48. The van der Waals surface area contributed by atoms with Gasteiger partial charge in [-0.1, -0.05) is 11.6 Å². The SMILES string of the molecule is CCOC(=O)Cn1c(C)c(Cl)nc(NN)c1=O. The third-order valence-electron chi connectivity index (χ3n) is 2.09. The van der Waals surface area contributed by atoms with Crippen LogP contribution in [0.5, 0.6) is 0 Å². The van der Waals surface area contributed by atoms with Gasteiger partial charge in [-0.15, -0.1) is 0 Å². The van der Waals surface area contributed by atoms with Crippen molar-refractivity contribution in [3.63, 3.8) is 0 Å². The van der Waals surface area contributed by atoms with Gasteiger partial charge in [-0.2, -0.15) is 0 Å². The van der Waals surface area contributed by atoms with Crippen LogP contribution in [0.15, 0.2) is 4.79 Å². The van der Waals surface area contributed by atoms with E-state index in [1.807, 2.05) is 0 Å². The number of nitrogens with one attached hydrogen (secondary N) is 1. The Morgan fingerprint density at radius 2 is 2.29 bits per heavy atom. The van der Waals surface area contributed by atoms with Gasteiger partial charge in [0, 0.05) is 0 Å². The Morgan fingerprint density at radius 1 is 1.65 bits per heavy atom. The summed E-state index contributed by atoms with van der Waals surface area (Å²) in [5.41, 5.74) is 1.98. The first-order chi connectivity index (χ1) is 8.01. The second-order valence-electron chi connectivity index (χ2n) is 3.18. The van der Waals surface area contributed by atoms with Crippen LogP contribution in [0.25, 0.3) is 0 Å². The van der Waals surface area contributed by atoms with Crippen molar-refractivity contribution in [2.45, 2.75) is 20.4 Å². The second kappa shape index (κ2) is 5.65. The van der Waals surface area contributed by atoms with Crippen molar-refractivity contribution in [2.75, 3.05) is 12.0 Å². The van der Waals surface area contributed by atoms with E-state index in [0.717, 1.165) is 4.57 Å². The van der Waals surface area contributed by atoms with Crippen LogP contribution in [0, 0.1) is 6.92 Å². The third-order valence-corrected chi connectivity index (χ3v) is 2.45. The number of nitrogens with zero attached hydrogens (tertiary/aromatic N) is 2. The molecule has 0 atom stereocenters. The average Bonchev–Trinajstić information content (AvgIpc) is 2.29. The van der Waals surface area contributed by atoms with E-state index in [1.165, 1.54) is 0 Å². The number of nitrogens with two attached hydrogens (primary N) is 1. The van der Waals surface area contributed by atoms with Crippen molar-refractivity contribution >= 4 is 23.4 Å². The molecule has 0 saturated carbocycles. The van der Waals surface area contributed by atoms with Crippen LogP contribution in [0.3, 0.4) is 0 Å². The molecule has 3 N–H and O–H groups in total. The van der Waals surface area contributed by atoms with Crippen LogP contribution in [0.4, 0.5) is 5.82 Å². The zero-order valence-electron chi connectivity index (χ0n) is 9.49. The Morgan fingerprint density at radius 3 is 2.82 bits per heavy atom. The fraction of sp³-hybridized carbons (Fsp3) is 0.444. The molecule has 0 aromatic carbocycles. The number of carbonyl (C=O) groups is 1. The van der Waals surface area contributed by atoms with E-state index in [2.05, 4.69) is 10.4 Å². The largest absolute Gasteiger partial charge is 0.465 e. The molecule has 1 rings (SSSR count). The standard InChI is InChI=1S/C9H13ClN4O3/c1-3-17-6(15)4-14-5(2)7(10)12-8(13-11)9(14)16/h3-4,11H2,1-2H3,(H,12,13). The Labute approximate surface area is 103 Å². The molecule has 0 amide bonds. The number of hydrogen-bond acceptors (Lipinski definition) is 6. The van der Waals surface area contributed by atoms with E-state index in [9.17, 15) is 9.59 Å². The predicted octanol–water partition coefficient (Wildman–Crippen LogP) is 0.0538. The first-order valence-electron chi connectivity index (χ1n) is 4.90. The molecule has 0 saturated heterocycles. The lowest BCUT2D eigenvalue weighted by molar-refractivity contribution is -0.143.